The van der Waals surface area contributed by atoms with Crippen molar-refractivity contribution in [2.45, 2.75) is 26.3 Å². The topological polar surface area (TPSA) is 48.9 Å². The second-order valence-electron chi connectivity index (χ2n) is 5.40. The highest BCUT2D eigenvalue weighted by molar-refractivity contribution is 14.0. The van der Waals surface area contributed by atoms with E-state index >= 15 is 0 Å². The van der Waals surface area contributed by atoms with Gasteiger partial charge in [-0.3, -0.25) is 4.99 Å². The minimum Gasteiger partial charge on any atom is -0.497 e. The lowest BCUT2D eigenvalue weighted by Crippen LogP contribution is -2.38. The quantitative estimate of drug-likeness (QED) is 0.376. The maximum atomic E-state index is 5.32. The molecule has 0 saturated heterocycles. The van der Waals surface area contributed by atoms with Gasteiger partial charge in [0, 0.05) is 13.1 Å². The number of guanidine groups is 1. The first-order valence-electron chi connectivity index (χ1n) is 7.94. The largest absolute Gasteiger partial charge is 0.497 e. The van der Waals surface area contributed by atoms with Gasteiger partial charge in [-0.15, -0.1) is 24.0 Å². The highest BCUT2D eigenvalue weighted by Gasteiger charge is 2.14. The lowest BCUT2D eigenvalue weighted by atomic mass is 10.1. The maximum Gasteiger partial charge on any atom is 0.191 e. The summed E-state index contributed by atoms with van der Waals surface area (Å²) in [7, 11) is 5.85. The van der Waals surface area contributed by atoms with Gasteiger partial charge >= 0.3 is 0 Å². The standard InChI is InChI=1S/C17H30N4O.HI/c1-6-11-19-17(18-7-2)20-13-16(21(3)4)14-9-8-10-15(12-14)22-5;/h8-10,12,16H,6-7,11,13H2,1-5H3,(H2,18,19,20);1H. The summed E-state index contributed by atoms with van der Waals surface area (Å²) in [6, 6.07) is 8.40. The first kappa shape index (κ1) is 22.0. The number of aliphatic imine (C=N–C) groups is 1. The molecule has 0 bridgehead atoms. The van der Waals surface area contributed by atoms with Crippen LogP contribution in [0.4, 0.5) is 0 Å². The van der Waals surface area contributed by atoms with Gasteiger partial charge in [-0.25, -0.2) is 0 Å². The minimum atomic E-state index is 0. The summed E-state index contributed by atoms with van der Waals surface area (Å²) in [5.41, 5.74) is 1.21. The monoisotopic (exact) mass is 434 g/mol. The molecule has 0 aliphatic rings. The van der Waals surface area contributed by atoms with Gasteiger partial charge in [-0.05, 0) is 45.1 Å². The fraction of sp³-hybridized carbons (Fsp3) is 0.588. The average molecular weight is 434 g/mol. The van der Waals surface area contributed by atoms with Crippen LogP contribution in [0.1, 0.15) is 31.9 Å². The number of methoxy groups -OCH3 is 1. The smallest absolute Gasteiger partial charge is 0.191 e. The normalized spacial score (nSPS) is 12.5. The zero-order chi connectivity index (χ0) is 16.4. The fourth-order valence-corrected chi connectivity index (χ4v) is 2.18. The molecule has 23 heavy (non-hydrogen) atoms. The molecule has 5 nitrogen and oxygen atoms in total. The molecule has 0 radical (unpaired) electrons. The molecular formula is C17H31IN4O. The zero-order valence-electron chi connectivity index (χ0n) is 14.9. The third-order valence-corrected chi connectivity index (χ3v) is 3.41. The van der Waals surface area contributed by atoms with Crippen molar-refractivity contribution in [1.29, 1.82) is 0 Å². The predicted octanol–water partition coefficient (Wildman–Crippen LogP) is 2.88. The summed E-state index contributed by atoms with van der Waals surface area (Å²) < 4.78 is 5.32. The van der Waals surface area contributed by atoms with Gasteiger partial charge in [-0.2, -0.15) is 0 Å². The minimum absolute atomic E-state index is 0. The van der Waals surface area contributed by atoms with Crippen LogP contribution in [0.3, 0.4) is 0 Å². The molecule has 0 spiro atoms. The van der Waals surface area contributed by atoms with E-state index in [9.17, 15) is 0 Å². The molecule has 1 aromatic rings. The Morgan fingerprint density at radius 2 is 2.00 bits per heavy atom. The number of likely N-dealkylation sites (N-methyl/N-ethyl adjacent to an activating group) is 1. The Balaban J connectivity index is 0.00000484. The Morgan fingerprint density at radius 3 is 2.57 bits per heavy atom. The Kier molecular flexibility index (Phi) is 11.9. The molecule has 0 heterocycles. The summed E-state index contributed by atoms with van der Waals surface area (Å²) in [6.07, 6.45) is 1.08. The van der Waals surface area contributed by atoms with Crippen molar-refractivity contribution in [3.63, 3.8) is 0 Å². The molecule has 1 atom stereocenters. The van der Waals surface area contributed by atoms with Crippen molar-refractivity contribution in [2.75, 3.05) is 40.8 Å². The molecule has 0 aliphatic heterocycles. The van der Waals surface area contributed by atoms with Crippen LogP contribution in [0.25, 0.3) is 0 Å². The second-order valence-corrected chi connectivity index (χ2v) is 5.40. The molecule has 2 N–H and O–H groups in total. The van der Waals surface area contributed by atoms with E-state index in [1.54, 1.807) is 7.11 Å². The molecule has 1 rings (SSSR count). The molecule has 0 saturated carbocycles. The van der Waals surface area contributed by atoms with Crippen molar-refractivity contribution >= 4 is 29.9 Å². The summed E-state index contributed by atoms with van der Waals surface area (Å²) in [4.78, 5) is 6.90. The van der Waals surface area contributed by atoms with Crippen molar-refractivity contribution < 1.29 is 4.74 Å². The van der Waals surface area contributed by atoms with E-state index in [1.165, 1.54) is 5.56 Å². The highest BCUT2D eigenvalue weighted by Crippen LogP contribution is 2.22. The third kappa shape index (κ3) is 7.87. The molecule has 1 aromatic carbocycles. The number of benzene rings is 1. The third-order valence-electron chi connectivity index (χ3n) is 3.41. The predicted molar refractivity (Wildman–Crippen MR) is 109 cm³/mol. The van der Waals surface area contributed by atoms with Crippen LogP contribution in [0.2, 0.25) is 0 Å². The number of hydrogen-bond donors (Lipinski definition) is 2. The Hall–Kier alpha value is -1.02. The Morgan fingerprint density at radius 1 is 1.26 bits per heavy atom. The SMILES string of the molecule is CCCNC(=NCC(c1cccc(OC)c1)N(C)C)NCC.I. The van der Waals surface area contributed by atoms with Crippen molar-refractivity contribution in [3.05, 3.63) is 29.8 Å². The van der Waals surface area contributed by atoms with Gasteiger partial charge in [0.1, 0.15) is 5.75 Å². The molecule has 0 fully saturated rings. The van der Waals surface area contributed by atoms with E-state index in [0.717, 1.165) is 31.2 Å². The molecule has 1 unspecified atom stereocenters. The molecule has 0 amide bonds. The Labute approximate surface area is 157 Å². The summed E-state index contributed by atoms with van der Waals surface area (Å²) in [6.45, 7) is 6.71. The summed E-state index contributed by atoms with van der Waals surface area (Å²) >= 11 is 0. The second kappa shape index (κ2) is 12.4. The van der Waals surface area contributed by atoms with Crippen LogP contribution in [0.15, 0.2) is 29.3 Å². The number of rotatable bonds is 8. The lowest BCUT2D eigenvalue weighted by Gasteiger charge is -2.24. The van der Waals surface area contributed by atoms with Gasteiger partial charge in [-0.1, -0.05) is 19.1 Å². The maximum absolute atomic E-state index is 5.32. The van der Waals surface area contributed by atoms with Gasteiger partial charge in [0.2, 0.25) is 0 Å². The van der Waals surface area contributed by atoms with Gasteiger partial charge in [0.25, 0.3) is 0 Å². The molecule has 132 valence electrons. The first-order valence-corrected chi connectivity index (χ1v) is 7.94. The van der Waals surface area contributed by atoms with Crippen molar-refractivity contribution in [3.8, 4) is 5.75 Å². The van der Waals surface area contributed by atoms with Crippen LogP contribution in [0.5, 0.6) is 5.75 Å². The molecule has 0 aliphatic carbocycles. The lowest BCUT2D eigenvalue weighted by molar-refractivity contribution is 0.305. The van der Waals surface area contributed by atoms with Crippen molar-refractivity contribution in [1.82, 2.24) is 15.5 Å². The molecule has 6 heteroatoms. The van der Waals surface area contributed by atoms with E-state index in [1.807, 2.05) is 12.1 Å². The van der Waals surface area contributed by atoms with E-state index in [0.29, 0.717) is 6.54 Å². The number of nitrogens with zero attached hydrogens (tertiary/aromatic N) is 2. The van der Waals surface area contributed by atoms with Crippen LogP contribution in [-0.2, 0) is 0 Å². The van der Waals surface area contributed by atoms with Gasteiger partial charge in [0.05, 0.1) is 19.7 Å². The number of hydrogen-bond acceptors (Lipinski definition) is 3. The average Bonchev–Trinajstić information content (AvgIpc) is 2.52. The van der Waals surface area contributed by atoms with Gasteiger partial charge < -0.3 is 20.3 Å². The van der Waals surface area contributed by atoms with E-state index in [2.05, 4.69) is 55.6 Å². The van der Waals surface area contributed by atoms with Gasteiger partial charge in [0.15, 0.2) is 5.96 Å². The van der Waals surface area contributed by atoms with Crippen molar-refractivity contribution in [2.24, 2.45) is 4.99 Å². The van der Waals surface area contributed by atoms with Crippen LogP contribution in [0, 0.1) is 0 Å². The number of nitrogens with one attached hydrogen (secondary N) is 2. The molecular weight excluding hydrogens is 403 g/mol. The number of ether oxygens (including phenoxy) is 1. The molecule has 0 aromatic heterocycles. The van der Waals surface area contributed by atoms with E-state index in [-0.39, 0.29) is 30.0 Å². The highest BCUT2D eigenvalue weighted by atomic mass is 127. The number of halogens is 1. The van der Waals surface area contributed by atoms with E-state index < -0.39 is 0 Å². The Bertz CT molecular complexity index is 466. The fourth-order valence-electron chi connectivity index (χ4n) is 2.18. The summed E-state index contributed by atoms with van der Waals surface area (Å²) in [5.74, 6) is 1.75. The van der Waals surface area contributed by atoms with Crippen LogP contribution < -0.4 is 15.4 Å². The van der Waals surface area contributed by atoms with Crippen LogP contribution >= 0.6 is 24.0 Å². The first-order chi connectivity index (χ1) is 10.6. The summed E-state index contributed by atoms with van der Waals surface area (Å²) in [5, 5.41) is 6.62. The van der Waals surface area contributed by atoms with Crippen LogP contribution in [-0.4, -0.2) is 51.7 Å². The zero-order valence-corrected chi connectivity index (χ0v) is 17.3. The van der Waals surface area contributed by atoms with E-state index in [4.69, 9.17) is 9.73 Å².